The third kappa shape index (κ3) is 5.57. The molecule has 0 aliphatic rings. The summed E-state index contributed by atoms with van der Waals surface area (Å²) >= 11 is 1.86. The van der Waals surface area contributed by atoms with Crippen LogP contribution in [-0.2, 0) is 4.74 Å². The van der Waals surface area contributed by atoms with Crippen molar-refractivity contribution in [1.29, 1.82) is 0 Å². The van der Waals surface area contributed by atoms with Gasteiger partial charge in [0, 0.05) is 23.3 Å². The molecule has 1 aromatic carbocycles. The van der Waals surface area contributed by atoms with E-state index in [2.05, 4.69) is 43.4 Å². The molecule has 0 spiro atoms. The summed E-state index contributed by atoms with van der Waals surface area (Å²) in [6, 6.07) is 9.12. The number of benzene rings is 1. The number of hydrogen-bond donors (Lipinski definition) is 1. The third-order valence-corrected chi connectivity index (χ3v) is 3.59. The summed E-state index contributed by atoms with van der Waals surface area (Å²) in [5, 5.41) is 3.26. The van der Waals surface area contributed by atoms with Crippen LogP contribution in [0.2, 0.25) is 0 Å². The van der Waals surface area contributed by atoms with Gasteiger partial charge in [0.05, 0.1) is 6.61 Å². The minimum Gasteiger partial charge on any atom is -0.381 e. The highest BCUT2D eigenvalue weighted by Gasteiger charge is 2.03. The first kappa shape index (κ1) is 14.6. The molecule has 2 nitrogen and oxygen atoms in total. The summed E-state index contributed by atoms with van der Waals surface area (Å²) in [7, 11) is 1.99. The van der Waals surface area contributed by atoms with Gasteiger partial charge in [0.2, 0.25) is 0 Å². The Bertz CT molecular complexity index is 317. The summed E-state index contributed by atoms with van der Waals surface area (Å²) in [6.45, 7) is 6.02. The fourth-order valence-electron chi connectivity index (χ4n) is 1.51. The molecule has 1 N–H and O–H groups in total. The Hall–Kier alpha value is -0.510. The van der Waals surface area contributed by atoms with E-state index in [1.54, 1.807) is 0 Å². The van der Waals surface area contributed by atoms with Crippen molar-refractivity contribution >= 4 is 11.8 Å². The van der Waals surface area contributed by atoms with Crippen LogP contribution in [0.5, 0.6) is 0 Å². The molecule has 17 heavy (non-hydrogen) atoms. The number of nitrogens with one attached hydrogen (secondary N) is 1. The van der Waals surface area contributed by atoms with Gasteiger partial charge in [-0.1, -0.05) is 19.1 Å². The van der Waals surface area contributed by atoms with E-state index in [1.807, 2.05) is 18.8 Å². The predicted octanol–water partition coefficient (Wildman–Crippen LogP) is 3.49. The molecule has 0 aliphatic heterocycles. The van der Waals surface area contributed by atoms with Gasteiger partial charge in [-0.25, -0.2) is 0 Å². The van der Waals surface area contributed by atoms with Crippen molar-refractivity contribution in [2.45, 2.75) is 31.2 Å². The lowest BCUT2D eigenvalue weighted by molar-refractivity contribution is 0.151. The van der Waals surface area contributed by atoms with Crippen LogP contribution in [0.4, 0.5) is 0 Å². The van der Waals surface area contributed by atoms with E-state index in [0.717, 1.165) is 25.4 Å². The molecule has 0 radical (unpaired) electrons. The standard InChI is InChI=1S/C14H23NOS/c1-4-8-16-9-10-17-14-7-5-6-13(11-14)12(2)15-3/h5-7,11-12,15H,4,8-10H2,1-3H3. The van der Waals surface area contributed by atoms with Gasteiger partial charge < -0.3 is 10.1 Å². The summed E-state index contributed by atoms with van der Waals surface area (Å²) < 4.78 is 5.47. The van der Waals surface area contributed by atoms with Crippen molar-refractivity contribution < 1.29 is 4.74 Å². The molecule has 0 aliphatic carbocycles. The quantitative estimate of drug-likeness (QED) is 0.566. The molecule has 0 saturated carbocycles. The van der Waals surface area contributed by atoms with Crippen molar-refractivity contribution in [3.63, 3.8) is 0 Å². The monoisotopic (exact) mass is 253 g/mol. The first-order chi connectivity index (χ1) is 8.27. The fraction of sp³-hybridized carbons (Fsp3) is 0.571. The van der Waals surface area contributed by atoms with Gasteiger partial charge in [0.15, 0.2) is 0 Å². The fourth-order valence-corrected chi connectivity index (χ4v) is 2.34. The summed E-state index contributed by atoms with van der Waals surface area (Å²) in [5.41, 5.74) is 1.34. The van der Waals surface area contributed by atoms with Crippen molar-refractivity contribution in [2.75, 3.05) is 26.0 Å². The van der Waals surface area contributed by atoms with Gasteiger partial charge in [-0.15, -0.1) is 11.8 Å². The lowest BCUT2D eigenvalue weighted by atomic mass is 10.1. The maximum Gasteiger partial charge on any atom is 0.0560 e. The van der Waals surface area contributed by atoms with Crippen molar-refractivity contribution in [2.24, 2.45) is 0 Å². The van der Waals surface area contributed by atoms with E-state index < -0.39 is 0 Å². The molecule has 1 unspecified atom stereocenters. The van der Waals surface area contributed by atoms with Gasteiger partial charge in [-0.05, 0) is 38.1 Å². The zero-order chi connectivity index (χ0) is 12.5. The van der Waals surface area contributed by atoms with Crippen LogP contribution < -0.4 is 5.32 Å². The van der Waals surface area contributed by atoms with Crippen molar-refractivity contribution in [1.82, 2.24) is 5.32 Å². The summed E-state index contributed by atoms with van der Waals surface area (Å²) in [5.74, 6) is 1.03. The molecule has 0 aromatic heterocycles. The van der Waals surface area contributed by atoms with E-state index in [1.165, 1.54) is 10.5 Å². The van der Waals surface area contributed by atoms with Gasteiger partial charge in [-0.3, -0.25) is 0 Å². The molecule has 0 bridgehead atoms. The normalized spacial score (nSPS) is 12.6. The van der Waals surface area contributed by atoms with Crippen LogP contribution >= 0.6 is 11.8 Å². The van der Waals surface area contributed by atoms with Crippen LogP contribution in [-0.4, -0.2) is 26.0 Å². The second-order valence-corrected chi connectivity index (χ2v) is 5.21. The van der Waals surface area contributed by atoms with Crippen LogP contribution in [0.1, 0.15) is 31.9 Å². The zero-order valence-electron chi connectivity index (χ0n) is 11.0. The van der Waals surface area contributed by atoms with Crippen LogP contribution in [0.3, 0.4) is 0 Å². The molecular weight excluding hydrogens is 230 g/mol. The Morgan fingerprint density at radius 2 is 2.18 bits per heavy atom. The molecule has 3 heteroatoms. The minimum atomic E-state index is 0.409. The summed E-state index contributed by atoms with van der Waals surface area (Å²) in [6.07, 6.45) is 1.10. The average Bonchev–Trinajstić information content (AvgIpc) is 2.38. The Balaban J connectivity index is 2.38. The van der Waals surface area contributed by atoms with Crippen molar-refractivity contribution in [3.05, 3.63) is 29.8 Å². The molecule has 0 amide bonds. The molecular formula is C14H23NOS. The Labute approximate surface area is 109 Å². The molecule has 96 valence electrons. The van der Waals surface area contributed by atoms with E-state index >= 15 is 0 Å². The van der Waals surface area contributed by atoms with E-state index in [4.69, 9.17) is 4.74 Å². The SMILES string of the molecule is CCCOCCSc1cccc(C(C)NC)c1. The lowest BCUT2D eigenvalue weighted by Gasteiger charge is -2.11. The highest BCUT2D eigenvalue weighted by atomic mass is 32.2. The average molecular weight is 253 g/mol. The van der Waals surface area contributed by atoms with E-state index in [-0.39, 0.29) is 0 Å². The zero-order valence-corrected chi connectivity index (χ0v) is 11.8. The molecule has 0 heterocycles. The lowest BCUT2D eigenvalue weighted by Crippen LogP contribution is -2.12. The maximum absolute atomic E-state index is 5.47. The van der Waals surface area contributed by atoms with E-state index in [0.29, 0.717) is 6.04 Å². The van der Waals surface area contributed by atoms with Crippen LogP contribution in [0.25, 0.3) is 0 Å². The smallest absolute Gasteiger partial charge is 0.0560 e. The van der Waals surface area contributed by atoms with Gasteiger partial charge in [-0.2, -0.15) is 0 Å². The Morgan fingerprint density at radius 3 is 2.88 bits per heavy atom. The Morgan fingerprint density at radius 1 is 1.35 bits per heavy atom. The number of thioether (sulfide) groups is 1. The molecule has 1 aromatic rings. The maximum atomic E-state index is 5.47. The van der Waals surface area contributed by atoms with Gasteiger partial charge in [0.25, 0.3) is 0 Å². The second-order valence-electron chi connectivity index (χ2n) is 4.04. The molecule has 0 fully saturated rings. The minimum absolute atomic E-state index is 0.409. The number of rotatable bonds is 8. The Kier molecular flexibility index (Phi) is 7.33. The first-order valence-electron chi connectivity index (χ1n) is 6.25. The highest BCUT2D eigenvalue weighted by Crippen LogP contribution is 2.22. The van der Waals surface area contributed by atoms with Crippen LogP contribution in [0, 0.1) is 0 Å². The van der Waals surface area contributed by atoms with Crippen LogP contribution in [0.15, 0.2) is 29.2 Å². The molecule has 1 atom stereocenters. The molecule has 1 rings (SSSR count). The number of ether oxygens (including phenoxy) is 1. The third-order valence-electron chi connectivity index (χ3n) is 2.64. The van der Waals surface area contributed by atoms with Crippen molar-refractivity contribution in [3.8, 4) is 0 Å². The van der Waals surface area contributed by atoms with Gasteiger partial charge >= 0.3 is 0 Å². The summed E-state index contributed by atoms with van der Waals surface area (Å²) in [4.78, 5) is 1.32. The predicted molar refractivity (Wildman–Crippen MR) is 75.8 cm³/mol. The highest BCUT2D eigenvalue weighted by molar-refractivity contribution is 7.99. The number of hydrogen-bond acceptors (Lipinski definition) is 3. The van der Waals surface area contributed by atoms with E-state index in [9.17, 15) is 0 Å². The largest absolute Gasteiger partial charge is 0.381 e. The first-order valence-corrected chi connectivity index (χ1v) is 7.24. The topological polar surface area (TPSA) is 21.3 Å². The second kappa shape index (κ2) is 8.56. The van der Waals surface area contributed by atoms with Gasteiger partial charge in [0.1, 0.15) is 0 Å². The molecule has 0 saturated heterocycles.